The van der Waals surface area contributed by atoms with Gasteiger partial charge in [0.05, 0.1) is 12.7 Å². The molecule has 1 aromatic heterocycles. The van der Waals surface area contributed by atoms with Gasteiger partial charge in [-0.25, -0.2) is 4.98 Å². The third-order valence-corrected chi connectivity index (χ3v) is 2.71. The molecule has 0 aliphatic rings. The highest BCUT2D eigenvalue weighted by atomic mass is 35.5. The van der Waals surface area contributed by atoms with Crippen LogP contribution in [-0.2, 0) is 13.6 Å². The summed E-state index contributed by atoms with van der Waals surface area (Å²) in [5.41, 5.74) is 0. The van der Waals surface area contributed by atoms with Gasteiger partial charge in [0.25, 0.3) is 0 Å². The molecule has 4 heteroatoms. The highest BCUT2D eigenvalue weighted by Crippen LogP contribution is 2.08. The summed E-state index contributed by atoms with van der Waals surface area (Å²) in [4.78, 5) is 4.22. The van der Waals surface area contributed by atoms with Gasteiger partial charge in [0, 0.05) is 13.1 Å². The first-order valence-electron chi connectivity index (χ1n) is 5.04. The van der Waals surface area contributed by atoms with Gasteiger partial charge in [-0.1, -0.05) is 24.9 Å². The van der Waals surface area contributed by atoms with Gasteiger partial charge in [-0.15, -0.1) is 0 Å². The van der Waals surface area contributed by atoms with Crippen molar-refractivity contribution >= 4 is 11.6 Å². The summed E-state index contributed by atoms with van der Waals surface area (Å²) in [6.07, 6.45) is 4.08. The van der Waals surface area contributed by atoms with Gasteiger partial charge in [-0.3, -0.25) is 0 Å². The molecule has 0 aliphatic carbocycles. The van der Waals surface area contributed by atoms with E-state index in [0.29, 0.717) is 11.2 Å². The molecule has 0 aliphatic heterocycles. The highest BCUT2D eigenvalue weighted by Gasteiger charge is 2.05. The Labute approximate surface area is 90.5 Å². The zero-order valence-corrected chi connectivity index (χ0v) is 9.80. The number of aromatic nitrogens is 2. The summed E-state index contributed by atoms with van der Waals surface area (Å²) in [7, 11) is 1.93. The molecular weight excluding hydrogens is 198 g/mol. The summed E-state index contributed by atoms with van der Waals surface area (Å²) in [6, 6.07) is 0.537. The highest BCUT2D eigenvalue weighted by molar-refractivity contribution is 6.29. The van der Waals surface area contributed by atoms with E-state index in [4.69, 9.17) is 11.6 Å². The third-order valence-electron chi connectivity index (χ3n) is 2.36. The first kappa shape index (κ1) is 11.5. The van der Waals surface area contributed by atoms with Crippen molar-refractivity contribution in [3.63, 3.8) is 0 Å². The molecule has 1 rings (SSSR count). The molecule has 0 fully saturated rings. The number of hydrogen-bond acceptors (Lipinski definition) is 2. The van der Waals surface area contributed by atoms with Crippen LogP contribution in [0, 0.1) is 0 Å². The van der Waals surface area contributed by atoms with Crippen LogP contribution in [-0.4, -0.2) is 15.6 Å². The maximum Gasteiger partial charge on any atom is 0.128 e. The summed E-state index contributed by atoms with van der Waals surface area (Å²) in [5.74, 6) is 0.984. The van der Waals surface area contributed by atoms with Gasteiger partial charge < -0.3 is 9.88 Å². The zero-order chi connectivity index (χ0) is 10.6. The molecule has 1 atom stereocenters. The lowest BCUT2D eigenvalue weighted by molar-refractivity contribution is 0.494. The maximum atomic E-state index is 5.88. The molecule has 1 aromatic rings. The van der Waals surface area contributed by atoms with Crippen molar-refractivity contribution in [3.8, 4) is 0 Å². The minimum atomic E-state index is 0.537. The number of hydrogen-bond donors (Lipinski definition) is 1. The van der Waals surface area contributed by atoms with Crippen LogP contribution >= 0.6 is 11.6 Å². The fourth-order valence-electron chi connectivity index (χ4n) is 1.39. The molecular formula is C10H18ClN3. The molecule has 0 saturated heterocycles. The Bertz CT molecular complexity index is 283. The Morgan fingerprint density at radius 1 is 1.64 bits per heavy atom. The Morgan fingerprint density at radius 3 is 2.86 bits per heavy atom. The van der Waals surface area contributed by atoms with Crippen molar-refractivity contribution < 1.29 is 0 Å². The fraction of sp³-hybridized carbons (Fsp3) is 0.700. The van der Waals surface area contributed by atoms with E-state index in [1.54, 1.807) is 6.20 Å². The van der Waals surface area contributed by atoms with Crippen molar-refractivity contribution in [2.75, 3.05) is 0 Å². The van der Waals surface area contributed by atoms with Gasteiger partial charge >= 0.3 is 0 Å². The monoisotopic (exact) mass is 215 g/mol. The van der Waals surface area contributed by atoms with E-state index < -0.39 is 0 Å². The summed E-state index contributed by atoms with van der Waals surface area (Å²) in [6.45, 7) is 5.16. The second kappa shape index (κ2) is 5.37. The predicted octanol–water partition coefficient (Wildman–Crippen LogP) is 2.35. The quantitative estimate of drug-likeness (QED) is 0.817. The Balaban J connectivity index is 2.41. The first-order chi connectivity index (χ1) is 6.65. The summed E-state index contributed by atoms with van der Waals surface area (Å²) in [5, 5.41) is 4.10. The van der Waals surface area contributed by atoms with Gasteiger partial charge in [-0.05, 0) is 13.3 Å². The number of rotatable bonds is 5. The first-order valence-corrected chi connectivity index (χ1v) is 5.42. The van der Waals surface area contributed by atoms with E-state index in [0.717, 1.165) is 12.4 Å². The van der Waals surface area contributed by atoms with E-state index >= 15 is 0 Å². The van der Waals surface area contributed by atoms with Crippen LogP contribution < -0.4 is 5.32 Å². The molecule has 1 unspecified atom stereocenters. The molecule has 14 heavy (non-hydrogen) atoms. The smallest absolute Gasteiger partial charge is 0.128 e. The standard InChI is InChI=1S/C10H18ClN3/c1-4-5-8(2)12-7-10-13-6-9(11)14(10)3/h6,8,12H,4-5,7H2,1-3H3. The van der Waals surface area contributed by atoms with Crippen molar-refractivity contribution in [1.82, 2.24) is 14.9 Å². The molecule has 0 bridgehead atoms. The topological polar surface area (TPSA) is 29.9 Å². The van der Waals surface area contributed by atoms with Crippen LogP contribution in [0.1, 0.15) is 32.5 Å². The van der Waals surface area contributed by atoms with Gasteiger partial charge in [-0.2, -0.15) is 0 Å². The van der Waals surface area contributed by atoms with Crippen molar-refractivity contribution in [2.45, 2.75) is 39.3 Å². The van der Waals surface area contributed by atoms with Crippen LogP contribution in [0.5, 0.6) is 0 Å². The second-order valence-corrected chi connectivity index (χ2v) is 4.01. The normalized spacial score (nSPS) is 13.1. The minimum absolute atomic E-state index is 0.537. The lowest BCUT2D eigenvalue weighted by Crippen LogP contribution is -2.26. The minimum Gasteiger partial charge on any atom is -0.321 e. The van der Waals surface area contributed by atoms with E-state index in [9.17, 15) is 0 Å². The van der Waals surface area contributed by atoms with Crippen LogP contribution in [0.2, 0.25) is 5.15 Å². The maximum absolute atomic E-state index is 5.88. The summed E-state index contributed by atoms with van der Waals surface area (Å²) < 4.78 is 1.90. The van der Waals surface area contributed by atoms with Crippen LogP contribution in [0.25, 0.3) is 0 Å². The number of imidazole rings is 1. The van der Waals surface area contributed by atoms with Crippen LogP contribution in [0.3, 0.4) is 0 Å². The molecule has 0 saturated carbocycles. The van der Waals surface area contributed by atoms with E-state index in [-0.39, 0.29) is 0 Å². The second-order valence-electron chi connectivity index (χ2n) is 3.63. The third kappa shape index (κ3) is 3.00. The number of nitrogens with zero attached hydrogens (tertiary/aromatic N) is 2. The van der Waals surface area contributed by atoms with Gasteiger partial charge in [0.15, 0.2) is 0 Å². The van der Waals surface area contributed by atoms with Crippen molar-refractivity contribution in [2.24, 2.45) is 7.05 Å². The molecule has 3 nitrogen and oxygen atoms in total. The Morgan fingerprint density at radius 2 is 2.36 bits per heavy atom. The summed E-state index contributed by atoms with van der Waals surface area (Å²) >= 11 is 5.88. The predicted molar refractivity (Wildman–Crippen MR) is 59.4 cm³/mol. The molecule has 1 heterocycles. The van der Waals surface area contributed by atoms with Gasteiger partial charge in [0.1, 0.15) is 11.0 Å². The van der Waals surface area contributed by atoms with Gasteiger partial charge in [0.2, 0.25) is 0 Å². The number of halogens is 1. The number of nitrogens with one attached hydrogen (secondary N) is 1. The fourth-order valence-corrected chi connectivity index (χ4v) is 1.54. The molecule has 0 amide bonds. The molecule has 0 aromatic carbocycles. The van der Waals surface area contributed by atoms with E-state index in [1.807, 2.05) is 11.6 Å². The molecule has 0 spiro atoms. The van der Waals surface area contributed by atoms with E-state index in [1.165, 1.54) is 12.8 Å². The molecule has 0 radical (unpaired) electrons. The molecule has 1 N–H and O–H groups in total. The largest absolute Gasteiger partial charge is 0.321 e. The molecule has 80 valence electrons. The zero-order valence-electron chi connectivity index (χ0n) is 9.05. The lowest BCUT2D eigenvalue weighted by atomic mass is 10.2. The SMILES string of the molecule is CCCC(C)NCc1ncc(Cl)n1C. The lowest BCUT2D eigenvalue weighted by Gasteiger charge is -2.12. The Kier molecular flexibility index (Phi) is 4.42. The Hall–Kier alpha value is -0.540. The van der Waals surface area contributed by atoms with Crippen molar-refractivity contribution in [1.29, 1.82) is 0 Å². The average Bonchev–Trinajstić information content (AvgIpc) is 2.46. The van der Waals surface area contributed by atoms with Crippen molar-refractivity contribution in [3.05, 3.63) is 17.2 Å². The van der Waals surface area contributed by atoms with E-state index in [2.05, 4.69) is 24.1 Å². The average molecular weight is 216 g/mol. The van der Waals surface area contributed by atoms with Crippen LogP contribution in [0.15, 0.2) is 6.20 Å². The van der Waals surface area contributed by atoms with Crippen LogP contribution in [0.4, 0.5) is 0 Å².